The third kappa shape index (κ3) is 3.07. The van der Waals surface area contributed by atoms with E-state index < -0.39 is 5.92 Å². The van der Waals surface area contributed by atoms with Crippen molar-refractivity contribution in [3.05, 3.63) is 63.7 Å². The molecule has 2 aromatic heterocycles. The second-order valence-electron chi connectivity index (χ2n) is 6.21. The summed E-state index contributed by atoms with van der Waals surface area (Å²) in [6, 6.07) is 9.49. The maximum atomic E-state index is 9.86. The Balaban J connectivity index is 1.99. The van der Waals surface area contributed by atoms with Crippen LogP contribution < -0.4 is 19.9 Å². The van der Waals surface area contributed by atoms with E-state index in [9.17, 15) is 5.26 Å². The average molecular weight is 454 g/mol. The number of rotatable bonds is 4. The molecule has 0 fully saturated rings. The van der Waals surface area contributed by atoms with E-state index in [1.807, 2.05) is 18.2 Å². The Morgan fingerprint density at radius 3 is 2.55 bits per heavy atom. The summed E-state index contributed by atoms with van der Waals surface area (Å²) in [5.41, 5.74) is 9.38. The predicted molar refractivity (Wildman–Crippen MR) is 108 cm³/mol. The smallest absolute Gasteiger partial charge is 0.244 e. The molecule has 9 heteroatoms. The van der Waals surface area contributed by atoms with E-state index >= 15 is 0 Å². The van der Waals surface area contributed by atoms with Crippen LogP contribution in [-0.2, 0) is 0 Å². The lowest BCUT2D eigenvalue weighted by molar-refractivity contribution is 0.353. The van der Waals surface area contributed by atoms with Crippen molar-refractivity contribution in [3.63, 3.8) is 0 Å². The highest BCUT2D eigenvalue weighted by Crippen LogP contribution is 2.49. The summed E-state index contributed by atoms with van der Waals surface area (Å²) >= 11 is 3.59. The molecule has 0 unspecified atom stereocenters. The Kier molecular flexibility index (Phi) is 4.86. The first-order valence-electron chi connectivity index (χ1n) is 8.56. The minimum absolute atomic E-state index is 0.0134. The van der Waals surface area contributed by atoms with Gasteiger partial charge in [-0.1, -0.05) is 15.9 Å². The van der Waals surface area contributed by atoms with E-state index in [1.165, 1.54) is 0 Å². The Morgan fingerprint density at radius 1 is 1.21 bits per heavy atom. The number of allylic oxidation sites excluding steroid dienone is 1. The van der Waals surface area contributed by atoms with Crippen molar-refractivity contribution in [2.24, 2.45) is 5.73 Å². The van der Waals surface area contributed by atoms with Crippen molar-refractivity contribution >= 4 is 15.9 Å². The van der Waals surface area contributed by atoms with Gasteiger partial charge in [-0.15, -0.1) is 5.10 Å². The first kappa shape index (κ1) is 18.8. The number of aromatic amines is 1. The number of H-pyrrole nitrogens is 1. The molecule has 0 radical (unpaired) electrons. The molecule has 0 saturated carbocycles. The van der Waals surface area contributed by atoms with Crippen molar-refractivity contribution in [2.75, 3.05) is 14.2 Å². The summed E-state index contributed by atoms with van der Waals surface area (Å²) in [6.45, 7) is 0. The molecule has 0 saturated heterocycles. The normalized spacial score (nSPS) is 15.3. The second kappa shape index (κ2) is 7.48. The van der Waals surface area contributed by atoms with E-state index in [0.29, 0.717) is 28.6 Å². The molecule has 3 aromatic rings. The summed E-state index contributed by atoms with van der Waals surface area (Å²) < 4.78 is 17.2. The number of nitrogens with two attached hydrogens (primary N) is 1. The quantitative estimate of drug-likeness (QED) is 0.620. The van der Waals surface area contributed by atoms with Crippen LogP contribution in [0.2, 0.25) is 0 Å². The van der Waals surface area contributed by atoms with Crippen LogP contribution in [0.4, 0.5) is 0 Å². The molecule has 3 heterocycles. The van der Waals surface area contributed by atoms with Gasteiger partial charge in [-0.2, -0.15) is 5.26 Å². The zero-order valence-electron chi connectivity index (χ0n) is 15.6. The predicted octanol–water partition coefficient (Wildman–Crippen LogP) is 3.47. The first-order valence-corrected chi connectivity index (χ1v) is 9.36. The molecule has 8 nitrogen and oxygen atoms in total. The first-order chi connectivity index (χ1) is 14.1. The summed E-state index contributed by atoms with van der Waals surface area (Å²) in [5, 5.41) is 17.1. The van der Waals surface area contributed by atoms with Crippen LogP contribution in [0.15, 0.2) is 52.6 Å². The number of nitrogens with zero attached hydrogens (tertiary/aromatic N) is 3. The summed E-state index contributed by atoms with van der Waals surface area (Å²) in [5.74, 6) is 0.898. The maximum absolute atomic E-state index is 9.86. The van der Waals surface area contributed by atoms with Crippen molar-refractivity contribution in [1.29, 1.82) is 5.26 Å². The third-order valence-corrected chi connectivity index (χ3v) is 5.41. The number of hydrogen-bond acceptors (Lipinski definition) is 7. The Bertz CT molecular complexity index is 1150. The van der Waals surface area contributed by atoms with Gasteiger partial charge in [0.2, 0.25) is 11.8 Å². The number of pyridine rings is 1. The van der Waals surface area contributed by atoms with Crippen LogP contribution in [0.25, 0.3) is 11.3 Å². The van der Waals surface area contributed by atoms with E-state index in [4.69, 9.17) is 19.9 Å². The summed E-state index contributed by atoms with van der Waals surface area (Å²) in [7, 11) is 3.12. The van der Waals surface area contributed by atoms with Crippen LogP contribution in [0, 0.1) is 11.3 Å². The second-order valence-corrected chi connectivity index (χ2v) is 7.06. The largest absolute Gasteiger partial charge is 0.493 e. The molecule has 1 aliphatic heterocycles. The van der Waals surface area contributed by atoms with Crippen molar-refractivity contribution < 1.29 is 14.2 Å². The van der Waals surface area contributed by atoms with E-state index in [-0.39, 0.29) is 11.5 Å². The van der Waals surface area contributed by atoms with Crippen molar-refractivity contribution in [3.8, 4) is 34.7 Å². The van der Waals surface area contributed by atoms with Crippen LogP contribution in [0.1, 0.15) is 17.0 Å². The minimum atomic E-state index is -0.528. The molecule has 0 bridgehead atoms. The minimum Gasteiger partial charge on any atom is -0.493 e. The summed E-state index contributed by atoms with van der Waals surface area (Å²) in [6.07, 6.45) is 3.37. The molecular formula is C20H16BrN5O3. The molecule has 29 heavy (non-hydrogen) atoms. The van der Waals surface area contributed by atoms with Crippen LogP contribution in [0.5, 0.6) is 17.4 Å². The molecular weight excluding hydrogens is 438 g/mol. The van der Waals surface area contributed by atoms with Gasteiger partial charge in [-0.25, -0.2) is 0 Å². The molecule has 0 amide bonds. The highest BCUT2D eigenvalue weighted by atomic mass is 79.9. The topological polar surface area (TPSA) is 119 Å². The number of fused-ring (bicyclic) bond motifs is 1. The Morgan fingerprint density at radius 2 is 1.90 bits per heavy atom. The van der Waals surface area contributed by atoms with Crippen molar-refractivity contribution in [1.82, 2.24) is 15.2 Å². The average Bonchev–Trinajstić information content (AvgIpc) is 3.16. The fraction of sp³-hybridized carbons (Fsp3) is 0.150. The number of aromatic nitrogens is 3. The van der Waals surface area contributed by atoms with Gasteiger partial charge in [-0.3, -0.25) is 10.1 Å². The van der Waals surface area contributed by atoms with Gasteiger partial charge in [0, 0.05) is 22.4 Å². The number of halogens is 1. The van der Waals surface area contributed by atoms with E-state index in [2.05, 4.69) is 37.2 Å². The number of benzene rings is 1. The van der Waals surface area contributed by atoms with Crippen LogP contribution >= 0.6 is 15.9 Å². The highest BCUT2D eigenvalue weighted by molar-refractivity contribution is 9.10. The lowest BCUT2D eigenvalue weighted by Crippen LogP contribution is -2.21. The molecule has 0 aliphatic carbocycles. The van der Waals surface area contributed by atoms with Gasteiger partial charge in [-0.05, 0) is 29.8 Å². The molecule has 1 aromatic carbocycles. The zero-order valence-corrected chi connectivity index (χ0v) is 17.1. The van der Waals surface area contributed by atoms with Crippen molar-refractivity contribution in [2.45, 2.75) is 5.92 Å². The maximum Gasteiger partial charge on any atom is 0.244 e. The number of hydrogen-bond donors (Lipinski definition) is 2. The SMILES string of the molecule is COc1cc(Br)c([C@@H]2C(C#N)=C(N)Oc3n[nH]c(-c4ccncc4)c32)cc1OC. The molecule has 0 spiro atoms. The van der Waals surface area contributed by atoms with Gasteiger partial charge in [0.15, 0.2) is 11.5 Å². The van der Waals surface area contributed by atoms with E-state index in [0.717, 1.165) is 15.6 Å². The number of methoxy groups -OCH3 is 2. The molecule has 3 N–H and O–H groups in total. The van der Waals surface area contributed by atoms with Gasteiger partial charge < -0.3 is 19.9 Å². The van der Waals surface area contributed by atoms with Gasteiger partial charge in [0.25, 0.3) is 0 Å². The van der Waals surface area contributed by atoms with Crippen LogP contribution in [-0.4, -0.2) is 29.4 Å². The zero-order chi connectivity index (χ0) is 20.5. The molecule has 1 atom stereocenters. The van der Waals surface area contributed by atoms with Crippen LogP contribution in [0.3, 0.4) is 0 Å². The molecule has 1 aliphatic rings. The Labute approximate surface area is 175 Å². The number of ether oxygens (including phenoxy) is 3. The lowest BCUT2D eigenvalue weighted by Gasteiger charge is -2.25. The molecule has 4 rings (SSSR count). The summed E-state index contributed by atoms with van der Waals surface area (Å²) in [4.78, 5) is 4.06. The standard InChI is InChI=1S/C20H16BrN5O3/c1-27-14-7-11(13(21)8-15(14)28-2)16-12(9-22)19(23)29-20-17(16)18(25-26-20)10-3-5-24-6-4-10/h3-8,16H,23H2,1-2H3,(H,25,26)/t16-/m1/s1. The number of nitriles is 1. The third-order valence-electron chi connectivity index (χ3n) is 4.72. The highest BCUT2D eigenvalue weighted by Gasteiger charge is 2.37. The molecule has 146 valence electrons. The lowest BCUT2D eigenvalue weighted by atomic mass is 9.83. The fourth-order valence-electron chi connectivity index (χ4n) is 3.39. The van der Waals surface area contributed by atoms with Gasteiger partial charge in [0.1, 0.15) is 11.6 Å². The monoisotopic (exact) mass is 453 g/mol. The van der Waals surface area contributed by atoms with Gasteiger partial charge >= 0.3 is 0 Å². The van der Waals surface area contributed by atoms with Gasteiger partial charge in [0.05, 0.1) is 31.4 Å². The van der Waals surface area contributed by atoms with E-state index in [1.54, 1.807) is 32.7 Å². The fourth-order valence-corrected chi connectivity index (χ4v) is 3.94. The Hall–Kier alpha value is -3.51. The number of nitrogens with one attached hydrogen (secondary N) is 1.